The highest BCUT2D eigenvalue weighted by molar-refractivity contribution is 7.91. The van der Waals surface area contributed by atoms with E-state index in [-0.39, 0.29) is 34.4 Å². The van der Waals surface area contributed by atoms with Gasteiger partial charge in [0.25, 0.3) is 5.91 Å². The number of phenols is 1. The van der Waals surface area contributed by atoms with Crippen molar-refractivity contribution in [1.82, 2.24) is 5.32 Å². The van der Waals surface area contributed by atoms with Gasteiger partial charge in [-0.3, -0.25) is 4.79 Å². The van der Waals surface area contributed by atoms with E-state index < -0.39 is 15.7 Å². The average molecular weight is 361 g/mol. The molecule has 0 fully saturated rings. The molecule has 6 heteroatoms. The number of phenolic OH excluding ortho intramolecular Hbond substituents is 1. The first-order valence-corrected chi connectivity index (χ1v) is 9.85. The van der Waals surface area contributed by atoms with Crippen molar-refractivity contribution >= 4 is 15.7 Å². The van der Waals surface area contributed by atoms with Crippen molar-refractivity contribution in [3.05, 3.63) is 59.7 Å². The zero-order chi connectivity index (χ0) is 18.4. The van der Waals surface area contributed by atoms with Crippen molar-refractivity contribution in [2.75, 3.05) is 12.3 Å². The zero-order valence-electron chi connectivity index (χ0n) is 14.4. The largest absolute Gasteiger partial charge is 0.507 e. The number of carbonyl (C=O) groups is 1. The van der Waals surface area contributed by atoms with Crippen LogP contribution in [-0.2, 0) is 9.84 Å². The zero-order valence-corrected chi connectivity index (χ0v) is 15.2. The summed E-state index contributed by atoms with van der Waals surface area (Å²) < 4.78 is 24.3. The number of hydrogen-bond donors (Lipinski definition) is 2. The van der Waals surface area contributed by atoms with Crippen LogP contribution in [0.4, 0.5) is 0 Å². The SMILES string of the molecule is CC(C)c1ccc(O)c(C(=O)NCCCS(=O)(=O)c2ccccc2)c1. The van der Waals surface area contributed by atoms with Crippen LogP contribution in [0.3, 0.4) is 0 Å². The number of hydrogen-bond acceptors (Lipinski definition) is 4. The second kappa shape index (κ2) is 8.16. The Hall–Kier alpha value is -2.34. The maximum absolute atomic E-state index is 12.2. The molecular weight excluding hydrogens is 338 g/mol. The van der Waals surface area contributed by atoms with Gasteiger partial charge in [-0.25, -0.2) is 8.42 Å². The number of carbonyl (C=O) groups excluding carboxylic acids is 1. The van der Waals surface area contributed by atoms with Crippen molar-refractivity contribution in [1.29, 1.82) is 0 Å². The highest BCUT2D eigenvalue weighted by atomic mass is 32.2. The fraction of sp³-hybridized carbons (Fsp3) is 0.316. The number of sulfone groups is 1. The van der Waals surface area contributed by atoms with E-state index in [1.807, 2.05) is 13.8 Å². The van der Waals surface area contributed by atoms with Crippen LogP contribution in [-0.4, -0.2) is 31.7 Å². The van der Waals surface area contributed by atoms with Crippen molar-refractivity contribution in [2.45, 2.75) is 31.1 Å². The third-order valence-corrected chi connectivity index (χ3v) is 5.73. The van der Waals surface area contributed by atoms with Gasteiger partial charge in [-0.1, -0.05) is 38.1 Å². The van der Waals surface area contributed by atoms with Crippen LogP contribution in [0.15, 0.2) is 53.4 Å². The molecule has 0 atom stereocenters. The normalized spacial score (nSPS) is 11.5. The predicted octanol–water partition coefficient (Wildman–Crippen LogP) is 3.11. The molecule has 0 radical (unpaired) electrons. The molecule has 1 amide bonds. The molecule has 0 aliphatic rings. The monoisotopic (exact) mass is 361 g/mol. The number of aromatic hydroxyl groups is 1. The van der Waals surface area contributed by atoms with E-state index in [0.717, 1.165) is 5.56 Å². The summed E-state index contributed by atoms with van der Waals surface area (Å²) in [7, 11) is -3.35. The summed E-state index contributed by atoms with van der Waals surface area (Å²) in [5.41, 5.74) is 1.16. The number of nitrogens with one attached hydrogen (secondary N) is 1. The van der Waals surface area contributed by atoms with Crippen LogP contribution in [0.1, 0.15) is 42.1 Å². The number of rotatable bonds is 7. The highest BCUT2D eigenvalue weighted by Crippen LogP contribution is 2.23. The molecule has 2 rings (SSSR count). The first kappa shape index (κ1) is 19.0. The Labute approximate surface area is 148 Å². The lowest BCUT2D eigenvalue weighted by atomic mass is 10.00. The van der Waals surface area contributed by atoms with Gasteiger partial charge >= 0.3 is 0 Å². The van der Waals surface area contributed by atoms with Gasteiger partial charge in [0, 0.05) is 6.54 Å². The van der Waals surface area contributed by atoms with Gasteiger partial charge in [0.15, 0.2) is 9.84 Å². The number of benzene rings is 2. The maximum atomic E-state index is 12.2. The Kier molecular flexibility index (Phi) is 6.20. The molecule has 0 saturated heterocycles. The van der Waals surface area contributed by atoms with Crippen molar-refractivity contribution in [3.63, 3.8) is 0 Å². The molecule has 2 N–H and O–H groups in total. The Bertz CT molecular complexity index is 830. The Morgan fingerprint density at radius 2 is 1.80 bits per heavy atom. The van der Waals surface area contributed by atoms with E-state index >= 15 is 0 Å². The van der Waals surface area contributed by atoms with E-state index in [0.29, 0.717) is 6.42 Å². The Morgan fingerprint density at radius 3 is 2.44 bits per heavy atom. The molecule has 134 valence electrons. The average Bonchev–Trinajstić information content (AvgIpc) is 2.59. The minimum absolute atomic E-state index is 0.0463. The highest BCUT2D eigenvalue weighted by Gasteiger charge is 2.15. The summed E-state index contributed by atoms with van der Waals surface area (Å²) in [4.78, 5) is 12.5. The van der Waals surface area contributed by atoms with Gasteiger partial charge in [0.1, 0.15) is 5.75 Å². The van der Waals surface area contributed by atoms with E-state index in [4.69, 9.17) is 0 Å². The summed E-state index contributed by atoms with van der Waals surface area (Å²) >= 11 is 0. The molecule has 25 heavy (non-hydrogen) atoms. The molecule has 0 aromatic heterocycles. The maximum Gasteiger partial charge on any atom is 0.255 e. The summed E-state index contributed by atoms with van der Waals surface area (Å²) in [5.74, 6) is -0.297. The number of amides is 1. The molecule has 2 aromatic rings. The van der Waals surface area contributed by atoms with Crippen molar-refractivity contribution in [3.8, 4) is 5.75 Å². The molecule has 0 aliphatic carbocycles. The summed E-state index contributed by atoms with van der Waals surface area (Å²) in [6, 6.07) is 13.2. The van der Waals surface area contributed by atoms with E-state index in [1.54, 1.807) is 42.5 Å². The van der Waals surface area contributed by atoms with Crippen LogP contribution in [0.25, 0.3) is 0 Å². The standard InChI is InChI=1S/C19H23NO4S/c1-14(2)15-9-10-18(21)17(13-15)19(22)20-11-6-12-25(23,24)16-7-4-3-5-8-16/h3-5,7-10,13-14,21H,6,11-12H2,1-2H3,(H,20,22). The van der Waals surface area contributed by atoms with Crippen molar-refractivity contribution in [2.24, 2.45) is 0 Å². The lowest BCUT2D eigenvalue weighted by Crippen LogP contribution is -2.26. The van der Waals surface area contributed by atoms with Gasteiger partial charge < -0.3 is 10.4 Å². The third-order valence-electron chi connectivity index (χ3n) is 3.91. The molecular formula is C19H23NO4S. The molecule has 0 bridgehead atoms. The quantitative estimate of drug-likeness (QED) is 0.742. The lowest BCUT2D eigenvalue weighted by Gasteiger charge is -2.11. The smallest absolute Gasteiger partial charge is 0.255 e. The van der Waals surface area contributed by atoms with Gasteiger partial charge in [-0.15, -0.1) is 0 Å². The predicted molar refractivity (Wildman–Crippen MR) is 97.6 cm³/mol. The first-order chi connectivity index (χ1) is 11.8. The van der Waals surface area contributed by atoms with E-state index in [1.165, 1.54) is 6.07 Å². The molecule has 0 aliphatic heterocycles. The second-order valence-corrected chi connectivity index (χ2v) is 8.28. The summed E-state index contributed by atoms with van der Waals surface area (Å²) in [5, 5.41) is 12.5. The molecule has 0 saturated carbocycles. The first-order valence-electron chi connectivity index (χ1n) is 8.20. The second-order valence-electron chi connectivity index (χ2n) is 6.17. The molecule has 2 aromatic carbocycles. The van der Waals surface area contributed by atoms with Crippen LogP contribution in [0.5, 0.6) is 5.75 Å². The molecule has 5 nitrogen and oxygen atoms in total. The van der Waals surface area contributed by atoms with Crippen LogP contribution in [0, 0.1) is 0 Å². The summed E-state index contributed by atoms with van der Waals surface area (Å²) in [6.07, 6.45) is 0.299. The van der Waals surface area contributed by atoms with Gasteiger partial charge in [0.2, 0.25) is 0 Å². The summed E-state index contributed by atoms with van der Waals surface area (Å²) in [6.45, 7) is 4.22. The minimum atomic E-state index is -3.35. The molecule has 0 spiro atoms. The fourth-order valence-corrected chi connectivity index (χ4v) is 3.73. The van der Waals surface area contributed by atoms with Crippen molar-refractivity contribution < 1.29 is 18.3 Å². The van der Waals surface area contributed by atoms with Crippen LogP contribution >= 0.6 is 0 Å². The van der Waals surface area contributed by atoms with Gasteiger partial charge in [-0.05, 0) is 42.2 Å². The van der Waals surface area contributed by atoms with Crippen LogP contribution < -0.4 is 5.32 Å². The molecule has 0 unspecified atom stereocenters. The molecule has 0 heterocycles. The Morgan fingerprint density at radius 1 is 1.12 bits per heavy atom. The lowest BCUT2D eigenvalue weighted by molar-refractivity contribution is 0.0951. The van der Waals surface area contributed by atoms with E-state index in [9.17, 15) is 18.3 Å². The van der Waals surface area contributed by atoms with Gasteiger partial charge in [-0.2, -0.15) is 0 Å². The van der Waals surface area contributed by atoms with Gasteiger partial charge in [0.05, 0.1) is 16.2 Å². The Balaban J connectivity index is 1.92. The fourth-order valence-electron chi connectivity index (χ4n) is 2.40. The van der Waals surface area contributed by atoms with E-state index in [2.05, 4.69) is 5.32 Å². The third kappa shape index (κ3) is 5.06. The minimum Gasteiger partial charge on any atom is -0.507 e. The topological polar surface area (TPSA) is 83.5 Å². The van der Waals surface area contributed by atoms with Crippen LogP contribution in [0.2, 0.25) is 0 Å².